The predicted octanol–water partition coefficient (Wildman–Crippen LogP) is 3.26. The molecule has 2 aromatic heterocycles. The van der Waals surface area contributed by atoms with E-state index >= 15 is 0 Å². The fourth-order valence-electron chi connectivity index (χ4n) is 3.43. The Morgan fingerprint density at radius 3 is 2.69 bits per heavy atom. The Bertz CT molecular complexity index is 985. The van der Waals surface area contributed by atoms with Gasteiger partial charge in [-0.2, -0.15) is 4.98 Å². The summed E-state index contributed by atoms with van der Waals surface area (Å²) in [6.07, 6.45) is 1.15. The molecule has 1 amide bonds. The fourth-order valence-corrected chi connectivity index (χ4v) is 3.79. The van der Waals surface area contributed by atoms with Crippen molar-refractivity contribution in [2.24, 2.45) is 0 Å². The molecule has 1 fully saturated rings. The summed E-state index contributed by atoms with van der Waals surface area (Å²) >= 11 is 3.28. The molecule has 1 unspecified atom stereocenters. The van der Waals surface area contributed by atoms with Crippen LogP contribution in [0.25, 0.3) is 11.2 Å². The molecule has 2 aromatic rings. The van der Waals surface area contributed by atoms with Crippen LogP contribution >= 0.6 is 15.9 Å². The first-order valence-corrected chi connectivity index (χ1v) is 10.6. The number of likely N-dealkylation sites (tertiary alicyclic amines) is 1. The van der Waals surface area contributed by atoms with Crippen molar-refractivity contribution in [2.45, 2.75) is 59.1 Å². The number of ether oxygens (including phenoxy) is 1. The SMILES string of the molecule is CCNc1nc(C)c2nc(Br)c(=O)n(C3CCCN(C(=O)OC(C)(C)C)C3)c2n1. The number of carbonyl (C=O) groups excluding carboxylic acids is 1. The number of amides is 1. The molecule has 0 radical (unpaired) electrons. The molecular weight excluding hydrogens is 440 g/mol. The Hall–Kier alpha value is -2.23. The van der Waals surface area contributed by atoms with Crippen molar-refractivity contribution in [2.75, 3.05) is 25.0 Å². The van der Waals surface area contributed by atoms with Crippen LogP contribution in [0.4, 0.5) is 10.7 Å². The number of halogens is 1. The molecular formula is C19H27BrN6O3. The van der Waals surface area contributed by atoms with E-state index in [1.54, 1.807) is 9.47 Å². The highest BCUT2D eigenvalue weighted by Gasteiger charge is 2.30. The number of nitrogens with one attached hydrogen (secondary N) is 1. The normalized spacial score (nSPS) is 17.4. The van der Waals surface area contributed by atoms with E-state index in [1.807, 2.05) is 34.6 Å². The van der Waals surface area contributed by atoms with Crippen LogP contribution in [0.1, 0.15) is 52.3 Å². The van der Waals surface area contributed by atoms with E-state index in [2.05, 4.69) is 36.2 Å². The van der Waals surface area contributed by atoms with Gasteiger partial charge in [0.1, 0.15) is 11.1 Å². The van der Waals surface area contributed by atoms with Crippen molar-refractivity contribution in [3.8, 4) is 0 Å². The van der Waals surface area contributed by atoms with Gasteiger partial charge in [0.15, 0.2) is 10.3 Å². The Kier molecular flexibility index (Phi) is 6.11. The first kappa shape index (κ1) is 21.5. The largest absolute Gasteiger partial charge is 0.444 e. The van der Waals surface area contributed by atoms with Gasteiger partial charge in [0.25, 0.3) is 5.56 Å². The Morgan fingerprint density at radius 2 is 2.03 bits per heavy atom. The van der Waals surface area contributed by atoms with Gasteiger partial charge in [0, 0.05) is 19.6 Å². The van der Waals surface area contributed by atoms with E-state index in [9.17, 15) is 9.59 Å². The van der Waals surface area contributed by atoms with Gasteiger partial charge in [-0.05, 0) is 63.4 Å². The molecule has 1 aliphatic rings. The fraction of sp³-hybridized carbons (Fsp3) is 0.632. The van der Waals surface area contributed by atoms with Crippen LogP contribution in [0.2, 0.25) is 0 Å². The molecule has 29 heavy (non-hydrogen) atoms. The molecule has 0 spiro atoms. The molecule has 1 atom stereocenters. The number of piperidine rings is 1. The smallest absolute Gasteiger partial charge is 0.410 e. The van der Waals surface area contributed by atoms with Crippen LogP contribution in [0.15, 0.2) is 9.40 Å². The average molecular weight is 467 g/mol. The van der Waals surface area contributed by atoms with Gasteiger partial charge in [-0.15, -0.1) is 0 Å². The highest BCUT2D eigenvalue weighted by molar-refractivity contribution is 9.10. The third kappa shape index (κ3) is 4.68. The molecule has 1 saturated heterocycles. The van der Waals surface area contributed by atoms with Crippen molar-refractivity contribution in [1.82, 2.24) is 24.4 Å². The summed E-state index contributed by atoms with van der Waals surface area (Å²) in [5.41, 5.74) is 0.873. The first-order chi connectivity index (χ1) is 13.6. The summed E-state index contributed by atoms with van der Waals surface area (Å²) in [6.45, 7) is 10.9. The van der Waals surface area contributed by atoms with Crippen LogP contribution in [0, 0.1) is 6.92 Å². The van der Waals surface area contributed by atoms with E-state index in [-0.39, 0.29) is 22.3 Å². The topological polar surface area (TPSA) is 102 Å². The van der Waals surface area contributed by atoms with E-state index in [0.717, 1.165) is 12.8 Å². The zero-order chi connectivity index (χ0) is 21.3. The van der Waals surface area contributed by atoms with Gasteiger partial charge in [-0.1, -0.05) is 0 Å². The number of rotatable bonds is 3. The first-order valence-electron chi connectivity index (χ1n) is 9.79. The van der Waals surface area contributed by atoms with Crippen molar-refractivity contribution in [1.29, 1.82) is 0 Å². The van der Waals surface area contributed by atoms with Gasteiger partial charge in [-0.3, -0.25) is 9.36 Å². The molecule has 10 heteroatoms. The van der Waals surface area contributed by atoms with Crippen molar-refractivity contribution in [3.63, 3.8) is 0 Å². The monoisotopic (exact) mass is 466 g/mol. The van der Waals surface area contributed by atoms with Crippen LogP contribution in [-0.4, -0.2) is 55.7 Å². The molecule has 3 heterocycles. The van der Waals surface area contributed by atoms with Crippen LogP contribution in [-0.2, 0) is 4.74 Å². The van der Waals surface area contributed by atoms with E-state index in [1.165, 1.54) is 0 Å². The van der Waals surface area contributed by atoms with Gasteiger partial charge >= 0.3 is 6.09 Å². The molecule has 0 bridgehead atoms. The molecule has 158 valence electrons. The maximum absolute atomic E-state index is 13.0. The van der Waals surface area contributed by atoms with Crippen LogP contribution in [0.5, 0.6) is 0 Å². The highest BCUT2D eigenvalue weighted by Crippen LogP contribution is 2.26. The molecule has 9 nitrogen and oxygen atoms in total. The zero-order valence-electron chi connectivity index (χ0n) is 17.5. The third-order valence-corrected chi connectivity index (χ3v) is 5.14. The quantitative estimate of drug-likeness (QED) is 0.739. The molecule has 0 aliphatic carbocycles. The minimum absolute atomic E-state index is 0.210. The summed E-state index contributed by atoms with van der Waals surface area (Å²) in [5, 5.41) is 3.10. The lowest BCUT2D eigenvalue weighted by atomic mass is 10.1. The summed E-state index contributed by atoms with van der Waals surface area (Å²) < 4.78 is 7.36. The molecule has 0 saturated carbocycles. The number of carbonyl (C=O) groups is 1. The minimum Gasteiger partial charge on any atom is -0.444 e. The maximum atomic E-state index is 13.0. The molecule has 3 rings (SSSR count). The second kappa shape index (κ2) is 8.25. The summed E-state index contributed by atoms with van der Waals surface area (Å²) in [7, 11) is 0. The van der Waals surface area contributed by atoms with Crippen molar-refractivity contribution in [3.05, 3.63) is 20.7 Å². The summed E-state index contributed by atoms with van der Waals surface area (Å²) in [5.74, 6) is 0.453. The highest BCUT2D eigenvalue weighted by atomic mass is 79.9. The Labute approximate surface area is 178 Å². The molecule has 1 aliphatic heterocycles. The van der Waals surface area contributed by atoms with Crippen LogP contribution in [0.3, 0.4) is 0 Å². The number of fused-ring (bicyclic) bond motifs is 1. The lowest BCUT2D eigenvalue weighted by Crippen LogP contribution is -2.45. The average Bonchev–Trinajstić information content (AvgIpc) is 2.63. The van der Waals surface area contributed by atoms with Crippen molar-refractivity contribution < 1.29 is 9.53 Å². The van der Waals surface area contributed by atoms with Gasteiger partial charge in [0.05, 0.1) is 11.7 Å². The number of anilines is 1. The number of aromatic nitrogens is 4. The van der Waals surface area contributed by atoms with Gasteiger partial charge in [0.2, 0.25) is 5.95 Å². The van der Waals surface area contributed by atoms with Gasteiger partial charge in [-0.25, -0.2) is 14.8 Å². The summed E-state index contributed by atoms with van der Waals surface area (Å²) in [6, 6.07) is -0.227. The summed E-state index contributed by atoms with van der Waals surface area (Å²) in [4.78, 5) is 40.6. The predicted molar refractivity (Wildman–Crippen MR) is 114 cm³/mol. The van der Waals surface area contributed by atoms with Crippen LogP contribution < -0.4 is 10.9 Å². The van der Waals surface area contributed by atoms with E-state index < -0.39 is 5.60 Å². The Balaban J connectivity index is 2.04. The number of hydrogen-bond donors (Lipinski definition) is 1. The minimum atomic E-state index is -0.571. The molecule has 0 aromatic carbocycles. The lowest BCUT2D eigenvalue weighted by Gasteiger charge is -2.35. The van der Waals surface area contributed by atoms with E-state index in [4.69, 9.17) is 4.74 Å². The lowest BCUT2D eigenvalue weighted by molar-refractivity contribution is 0.0172. The number of aryl methyl sites for hydroxylation is 1. The Morgan fingerprint density at radius 1 is 1.31 bits per heavy atom. The second-order valence-corrected chi connectivity index (χ2v) is 8.89. The standard InChI is InChI=1S/C19H27BrN6O3/c1-6-21-17-22-11(2)13-15(24-17)26(16(27)14(20)23-13)12-8-7-9-25(10-12)18(28)29-19(3,4)5/h12H,6-10H2,1-5H3,(H,21,22,24). The third-order valence-electron chi connectivity index (χ3n) is 4.62. The second-order valence-electron chi connectivity index (χ2n) is 8.14. The molecule has 1 N–H and O–H groups in total. The van der Waals surface area contributed by atoms with Gasteiger partial charge < -0.3 is 15.0 Å². The number of hydrogen-bond acceptors (Lipinski definition) is 7. The van der Waals surface area contributed by atoms with Crippen molar-refractivity contribution >= 4 is 39.1 Å². The maximum Gasteiger partial charge on any atom is 0.410 e. The zero-order valence-corrected chi connectivity index (χ0v) is 19.0. The van der Waals surface area contributed by atoms with E-state index in [0.29, 0.717) is 42.4 Å². The number of nitrogens with zero attached hydrogens (tertiary/aromatic N) is 5.